The zero-order valence-electron chi connectivity index (χ0n) is 13.4. The third-order valence-corrected chi connectivity index (χ3v) is 5.19. The Balaban J connectivity index is 1.39. The van der Waals surface area contributed by atoms with Gasteiger partial charge in [0, 0.05) is 30.5 Å². The predicted octanol–water partition coefficient (Wildman–Crippen LogP) is 3.41. The molecule has 1 fully saturated rings. The maximum atomic E-state index is 12.2. The summed E-state index contributed by atoms with van der Waals surface area (Å²) in [6.45, 7) is 0.608. The van der Waals surface area contributed by atoms with E-state index in [4.69, 9.17) is 4.74 Å². The lowest BCUT2D eigenvalue weighted by Gasteiger charge is -2.06. The van der Waals surface area contributed by atoms with Crippen LogP contribution in [0.3, 0.4) is 0 Å². The van der Waals surface area contributed by atoms with Crippen molar-refractivity contribution in [1.82, 2.24) is 14.8 Å². The highest BCUT2D eigenvalue weighted by molar-refractivity contribution is 7.15. The number of anilines is 1. The van der Waals surface area contributed by atoms with Gasteiger partial charge in [0.05, 0.1) is 12.6 Å². The number of fused-ring (bicyclic) bond motifs is 1. The van der Waals surface area contributed by atoms with Crippen molar-refractivity contribution < 1.29 is 9.53 Å². The Morgan fingerprint density at radius 3 is 3.04 bits per heavy atom. The highest BCUT2D eigenvalue weighted by Gasteiger charge is 2.27. The molecule has 124 valence electrons. The second kappa shape index (κ2) is 6.24. The zero-order chi connectivity index (χ0) is 16.5. The number of aryl methyl sites for hydroxylation is 1. The molecule has 6 nitrogen and oxygen atoms in total. The molecule has 3 aromatic rings. The second-order valence-electron chi connectivity index (χ2n) is 5.92. The number of ether oxygens (including phenoxy) is 1. The number of carbonyl (C=O) groups is 1. The van der Waals surface area contributed by atoms with E-state index in [-0.39, 0.29) is 5.91 Å². The molecule has 1 amide bonds. The van der Waals surface area contributed by atoms with E-state index in [0.29, 0.717) is 24.0 Å². The predicted molar refractivity (Wildman–Crippen MR) is 93.6 cm³/mol. The Morgan fingerprint density at radius 1 is 1.38 bits per heavy atom. The first kappa shape index (κ1) is 15.1. The quantitative estimate of drug-likeness (QED) is 0.745. The molecule has 7 heteroatoms. The molecule has 24 heavy (non-hydrogen) atoms. The Hall–Kier alpha value is -2.41. The SMILES string of the molecule is COc1cccc2c1ccn2CCC(=O)Nc1nnc(C2CC2)s1. The summed E-state index contributed by atoms with van der Waals surface area (Å²) in [4.78, 5) is 12.2. The zero-order valence-corrected chi connectivity index (χ0v) is 14.2. The number of methoxy groups -OCH3 is 1. The molecular formula is C17H18N4O2S. The van der Waals surface area contributed by atoms with E-state index in [1.165, 1.54) is 24.2 Å². The lowest BCUT2D eigenvalue weighted by molar-refractivity contribution is -0.116. The lowest BCUT2D eigenvalue weighted by Crippen LogP contribution is -2.14. The molecule has 4 rings (SSSR count). The number of hydrogen-bond donors (Lipinski definition) is 1. The molecule has 1 aliphatic rings. The van der Waals surface area contributed by atoms with Gasteiger partial charge in [-0.3, -0.25) is 4.79 Å². The van der Waals surface area contributed by atoms with Crippen LogP contribution in [-0.4, -0.2) is 27.8 Å². The molecule has 0 radical (unpaired) electrons. The molecule has 1 aromatic carbocycles. The van der Waals surface area contributed by atoms with E-state index in [1.807, 2.05) is 30.5 Å². The van der Waals surface area contributed by atoms with Gasteiger partial charge in [-0.05, 0) is 31.0 Å². The maximum absolute atomic E-state index is 12.2. The van der Waals surface area contributed by atoms with Gasteiger partial charge in [0.25, 0.3) is 0 Å². The number of benzene rings is 1. The van der Waals surface area contributed by atoms with Crippen LogP contribution in [0, 0.1) is 0 Å². The Kier molecular flexibility index (Phi) is 3.93. The van der Waals surface area contributed by atoms with Crippen molar-refractivity contribution in [2.45, 2.75) is 31.7 Å². The van der Waals surface area contributed by atoms with Crippen molar-refractivity contribution in [3.63, 3.8) is 0 Å². The first-order chi connectivity index (χ1) is 11.7. The highest BCUT2D eigenvalue weighted by Crippen LogP contribution is 2.42. The summed E-state index contributed by atoms with van der Waals surface area (Å²) in [6, 6.07) is 7.94. The summed E-state index contributed by atoms with van der Waals surface area (Å²) in [5.74, 6) is 1.37. The van der Waals surface area contributed by atoms with Crippen molar-refractivity contribution in [3.8, 4) is 5.75 Å². The standard InChI is InChI=1S/C17H18N4O2S/c1-23-14-4-2-3-13-12(14)7-9-21(13)10-8-15(22)18-17-20-19-16(24-17)11-5-6-11/h2-4,7,9,11H,5-6,8,10H2,1H3,(H,18,20,22). The van der Waals surface area contributed by atoms with Gasteiger partial charge in [-0.2, -0.15) is 0 Å². The largest absolute Gasteiger partial charge is 0.496 e. The van der Waals surface area contributed by atoms with Crippen LogP contribution in [0.25, 0.3) is 10.9 Å². The first-order valence-corrected chi connectivity index (χ1v) is 8.81. The van der Waals surface area contributed by atoms with Gasteiger partial charge in [0.15, 0.2) is 0 Å². The van der Waals surface area contributed by atoms with Crippen LogP contribution in [0.2, 0.25) is 0 Å². The number of nitrogens with one attached hydrogen (secondary N) is 1. The molecule has 1 aliphatic carbocycles. The van der Waals surface area contributed by atoms with Crippen molar-refractivity contribution in [2.24, 2.45) is 0 Å². The summed E-state index contributed by atoms with van der Waals surface area (Å²) >= 11 is 1.49. The second-order valence-corrected chi connectivity index (χ2v) is 6.93. The Bertz CT molecular complexity index is 882. The van der Waals surface area contributed by atoms with E-state index in [1.54, 1.807) is 7.11 Å². The summed E-state index contributed by atoms with van der Waals surface area (Å²) in [7, 11) is 1.66. The molecule has 1 saturated carbocycles. The van der Waals surface area contributed by atoms with Gasteiger partial charge in [-0.15, -0.1) is 10.2 Å². The lowest BCUT2D eigenvalue weighted by atomic mass is 10.2. The molecule has 0 atom stereocenters. The monoisotopic (exact) mass is 342 g/mol. The van der Waals surface area contributed by atoms with E-state index >= 15 is 0 Å². The summed E-state index contributed by atoms with van der Waals surface area (Å²) in [6.07, 6.45) is 4.75. The number of carbonyl (C=O) groups excluding carboxylic acids is 1. The van der Waals surface area contributed by atoms with Gasteiger partial charge >= 0.3 is 0 Å². The van der Waals surface area contributed by atoms with Crippen LogP contribution in [0.1, 0.15) is 30.2 Å². The van der Waals surface area contributed by atoms with Crippen LogP contribution < -0.4 is 10.1 Å². The molecule has 0 saturated heterocycles. The maximum Gasteiger partial charge on any atom is 0.227 e. The average molecular weight is 342 g/mol. The molecule has 0 aliphatic heterocycles. The van der Waals surface area contributed by atoms with Crippen LogP contribution >= 0.6 is 11.3 Å². The fourth-order valence-electron chi connectivity index (χ4n) is 2.75. The minimum absolute atomic E-state index is 0.0433. The molecule has 2 heterocycles. The number of amides is 1. The van der Waals surface area contributed by atoms with Crippen molar-refractivity contribution >= 4 is 33.3 Å². The van der Waals surface area contributed by atoms with Gasteiger partial charge in [-0.1, -0.05) is 17.4 Å². The van der Waals surface area contributed by atoms with E-state index in [9.17, 15) is 4.79 Å². The number of rotatable bonds is 6. The van der Waals surface area contributed by atoms with Gasteiger partial charge < -0.3 is 14.6 Å². The summed E-state index contributed by atoms with van der Waals surface area (Å²) in [5, 5.41) is 13.7. The highest BCUT2D eigenvalue weighted by atomic mass is 32.1. The van der Waals surface area contributed by atoms with Crippen molar-refractivity contribution in [3.05, 3.63) is 35.5 Å². The fourth-order valence-corrected chi connectivity index (χ4v) is 3.68. The number of nitrogens with zero attached hydrogens (tertiary/aromatic N) is 3. The summed E-state index contributed by atoms with van der Waals surface area (Å²) in [5.41, 5.74) is 1.06. The fraction of sp³-hybridized carbons (Fsp3) is 0.353. The minimum atomic E-state index is -0.0433. The average Bonchev–Trinajstić information content (AvgIpc) is 3.20. The van der Waals surface area contributed by atoms with Crippen LogP contribution in [0.5, 0.6) is 5.75 Å². The Labute approximate surface area is 143 Å². The third kappa shape index (κ3) is 2.99. The van der Waals surface area contributed by atoms with Crippen LogP contribution in [-0.2, 0) is 11.3 Å². The van der Waals surface area contributed by atoms with Gasteiger partial charge in [-0.25, -0.2) is 0 Å². The van der Waals surface area contributed by atoms with Gasteiger partial charge in [0.1, 0.15) is 10.8 Å². The van der Waals surface area contributed by atoms with Crippen molar-refractivity contribution in [2.75, 3.05) is 12.4 Å². The molecular weight excluding hydrogens is 324 g/mol. The normalized spacial score (nSPS) is 14.0. The smallest absolute Gasteiger partial charge is 0.227 e. The topological polar surface area (TPSA) is 69.0 Å². The van der Waals surface area contributed by atoms with Crippen LogP contribution in [0.15, 0.2) is 30.5 Å². The molecule has 2 aromatic heterocycles. The Morgan fingerprint density at radius 2 is 2.25 bits per heavy atom. The van der Waals surface area contributed by atoms with E-state index in [2.05, 4.69) is 20.1 Å². The molecule has 1 N–H and O–H groups in total. The third-order valence-electron chi connectivity index (χ3n) is 4.19. The summed E-state index contributed by atoms with van der Waals surface area (Å²) < 4.78 is 7.43. The van der Waals surface area contributed by atoms with E-state index in [0.717, 1.165) is 21.7 Å². The molecule has 0 unspecified atom stereocenters. The van der Waals surface area contributed by atoms with Gasteiger partial charge in [0.2, 0.25) is 11.0 Å². The molecule has 0 spiro atoms. The molecule has 0 bridgehead atoms. The van der Waals surface area contributed by atoms with Crippen LogP contribution in [0.4, 0.5) is 5.13 Å². The van der Waals surface area contributed by atoms with Crippen molar-refractivity contribution in [1.29, 1.82) is 0 Å². The van der Waals surface area contributed by atoms with E-state index < -0.39 is 0 Å². The number of hydrogen-bond acceptors (Lipinski definition) is 5. The number of aromatic nitrogens is 3. The minimum Gasteiger partial charge on any atom is -0.496 e. The first-order valence-electron chi connectivity index (χ1n) is 7.99.